The summed E-state index contributed by atoms with van der Waals surface area (Å²) in [5, 5.41) is 0. The quantitative estimate of drug-likeness (QED) is 0.00657. The molecule has 6 aromatic heterocycles. The highest BCUT2D eigenvalue weighted by Crippen LogP contribution is 2.45. The van der Waals surface area contributed by atoms with Crippen molar-refractivity contribution in [1.29, 1.82) is 0 Å². The van der Waals surface area contributed by atoms with Crippen LogP contribution in [0.3, 0.4) is 0 Å². The maximum Gasteiger partial charge on any atom is 0.341 e. The molecule has 6 aromatic rings. The van der Waals surface area contributed by atoms with Crippen LogP contribution < -0.4 is 30.9 Å². The van der Waals surface area contributed by atoms with Crippen molar-refractivity contribution in [1.82, 2.24) is 19.9 Å². The predicted octanol–water partition coefficient (Wildman–Crippen LogP) is 11.9. The van der Waals surface area contributed by atoms with Gasteiger partial charge in [-0.3, -0.25) is 9.59 Å². The molecule has 8 heterocycles. The average molecular weight is 1310 g/mol. The summed E-state index contributed by atoms with van der Waals surface area (Å²) < 4.78 is 29.9. The lowest BCUT2D eigenvalue weighted by atomic mass is 9.91. The maximum atomic E-state index is 15.3. The summed E-state index contributed by atoms with van der Waals surface area (Å²) in [5.74, 6) is -2.97. The first kappa shape index (κ1) is 71.3. The largest absolute Gasteiger partial charge is 0.460 e. The van der Waals surface area contributed by atoms with Crippen LogP contribution in [0.1, 0.15) is 207 Å². The smallest absolute Gasteiger partial charge is 0.341 e. The van der Waals surface area contributed by atoms with Gasteiger partial charge < -0.3 is 46.1 Å². The Kier molecular flexibility index (Phi) is 24.9. The van der Waals surface area contributed by atoms with Crippen LogP contribution in [0.15, 0.2) is 116 Å². The molecule has 506 valence electrons. The van der Waals surface area contributed by atoms with Crippen LogP contribution in [0.2, 0.25) is 0 Å². The number of aryl methyl sites for hydroxylation is 1. The third-order valence-electron chi connectivity index (χ3n) is 18.5. The summed E-state index contributed by atoms with van der Waals surface area (Å²) in [6.45, 7) is 21.7. The number of fused-ring (bicyclic) bond motifs is 8. The summed E-state index contributed by atoms with van der Waals surface area (Å²) in [6, 6.07) is 16.2. The zero-order valence-electron chi connectivity index (χ0n) is 57.5. The highest BCUT2D eigenvalue weighted by molar-refractivity contribution is 6.25. The number of ether oxygens (including phenoxy) is 4. The van der Waals surface area contributed by atoms with Gasteiger partial charge in [0.15, 0.2) is 62.6 Å². The molecule has 0 amide bonds. The molecule has 0 aromatic carbocycles. The number of aromatic nitrogens is 7. The molecule has 96 heavy (non-hydrogen) atoms. The van der Waals surface area contributed by atoms with Gasteiger partial charge in [-0.1, -0.05) is 85.1 Å². The van der Waals surface area contributed by atoms with Crippen molar-refractivity contribution in [2.24, 2.45) is 35.0 Å². The van der Waals surface area contributed by atoms with Gasteiger partial charge in [-0.15, -0.1) is 0 Å². The summed E-state index contributed by atoms with van der Waals surface area (Å²) in [7, 11) is 0. The fourth-order valence-electron chi connectivity index (χ4n) is 12.8. The van der Waals surface area contributed by atoms with E-state index >= 15 is 14.4 Å². The monoisotopic (exact) mass is 1310 g/mol. The Morgan fingerprint density at radius 3 is 1.61 bits per heavy atom. The van der Waals surface area contributed by atoms with Crippen molar-refractivity contribution < 1.29 is 56.6 Å². The highest BCUT2D eigenvalue weighted by atomic mass is 16.5. The van der Waals surface area contributed by atoms with E-state index < -0.39 is 35.6 Å². The molecule has 0 saturated carbocycles. The molecule has 8 bridgehead atoms. The van der Waals surface area contributed by atoms with Crippen molar-refractivity contribution >= 4 is 74.0 Å². The number of nitrogens with one attached hydrogen (secondary N) is 2. The van der Waals surface area contributed by atoms with Crippen molar-refractivity contribution in [2.75, 3.05) is 26.2 Å². The molecule has 0 spiro atoms. The Labute approximate surface area is 563 Å². The van der Waals surface area contributed by atoms with Gasteiger partial charge >= 0.3 is 23.9 Å². The zero-order chi connectivity index (χ0) is 68.6. The number of H-pyrrole nitrogens is 2. The Morgan fingerprint density at radius 2 is 1.10 bits per heavy atom. The maximum absolute atomic E-state index is 15.3. The number of ketones is 1. The van der Waals surface area contributed by atoms with Crippen LogP contribution in [0.25, 0.3) is 44.4 Å². The van der Waals surface area contributed by atoms with Gasteiger partial charge in [0, 0.05) is 81.4 Å². The topological polar surface area (TPSA) is 269 Å². The Hall–Kier alpha value is -9.04. The number of pyridine rings is 3. The van der Waals surface area contributed by atoms with Gasteiger partial charge in [0.25, 0.3) is 0 Å². The average Bonchev–Trinajstić information content (AvgIpc) is 1.56. The second-order valence-electron chi connectivity index (χ2n) is 26.3. The first-order valence-corrected chi connectivity index (χ1v) is 34.1. The minimum atomic E-state index is -1.51. The van der Waals surface area contributed by atoms with Crippen LogP contribution >= 0.6 is 0 Å². The van der Waals surface area contributed by atoms with Crippen molar-refractivity contribution in [3.63, 3.8) is 0 Å². The standard InChI is InChI=1S/C77H95N10O9/c1-10-58-52(7)60-43-64-68(75(90)94-45-55-22-32-85(33-23-55)38-29-78)69(76(91)95-46-56-24-34-86(35-25-56)39-30-79)65(82-64)44-61-53(8)59(20-21-66(88)93-41-28-51(6)19-13-18-50(5)17-12-16-49(4)15-11-14-48(2)3)72(83-61)70-71(77(92)96-47-57-26-36-87(37-27-57)40-31-80)74(89)67-54(9)62(84-73(67)70)42-63(58)81-60/h20-28,32-37,42-44,48-50,71H,10-19,29-31,38-41,45-47,78-80H2,1-9H3/q+1/p+2/b51-28+,60-43?,61-44?,62-42?,63-42?,64-43?,65-44?,72-70?. The molecule has 19 nitrogen and oxygen atoms in total. The van der Waals surface area contributed by atoms with E-state index in [1.807, 2.05) is 120 Å². The summed E-state index contributed by atoms with van der Waals surface area (Å²) >= 11 is 0. The lowest BCUT2D eigenvalue weighted by Gasteiger charge is -2.15. The van der Waals surface area contributed by atoms with Crippen LogP contribution in [0.5, 0.6) is 0 Å². The van der Waals surface area contributed by atoms with E-state index in [0.29, 0.717) is 107 Å². The minimum absolute atomic E-state index is 0.0510. The number of rotatable bonds is 32. The number of Topliss-reactive ketones (excluding diaryl/α,β-unsaturated/α-hetero) is 1. The van der Waals surface area contributed by atoms with Gasteiger partial charge in [0.05, 0.1) is 70.1 Å². The molecule has 0 radical (unpaired) electrons. The van der Waals surface area contributed by atoms with E-state index in [2.05, 4.69) is 44.6 Å². The number of allylic oxidation sites excluding steroid dienone is 6. The van der Waals surface area contributed by atoms with E-state index in [9.17, 15) is 9.59 Å². The van der Waals surface area contributed by atoms with Gasteiger partial charge in [0.1, 0.15) is 32.3 Å². The lowest BCUT2D eigenvalue weighted by molar-refractivity contribution is -0.694. The normalized spacial score (nSPS) is 14.5. The van der Waals surface area contributed by atoms with Gasteiger partial charge in [-0.25, -0.2) is 38.1 Å². The first-order valence-electron chi connectivity index (χ1n) is 34.1. The predicted molar refractivity (Wildman–Crippen MR) is 372 cm³/mol. The molecular formula is C77H97N10O9+3. The summed E-state index contributed by atoms with van der Waals surface area (Å²) in [5.41, 5.74) is 26.9. The number of carbonyl (C=O) groups is 5. The van der Waals surface area contributed by atoms with Crippen molar-refractivity contribution in [2.45, 2.75) is 172 Å². The van der Waals surface area contributed by atoms with Crippen LogP contribution in [0, 0.1) is 24.7 Å². The molecule has 1 aliphatic carbocycles. The van der Waals surface area contributed by atoms with Crippen LogP contribution in [-0.2, 0) is 68.0 Å². The van der Waals surface area contributed by atoms with Gasteiger partial charge in [0.2, 0.25) is 0 Å². The molecule has 3 atom stereocenters. The summed E-state index contributed by atoms with van der Waals surface area (Å²) in [6.07, 6.45) is 27.2. The fraction of sp³-hybridized carbons (Fsp3) is 0.429. The number of hydrogen-bond acceptors (Lipinski definition) is 14. The molecule has 8 N–H and O–H groups in total. The zero-order valence-corrected chi connectivity index (χ0v) is 57.5. The van der Waals surface area contributed by atoms with Crippen LogP contribution in [0.4, 0.5) is 0 Å². The third-order valence-corrected chi connectivity index (χ3v) is 18.5. The lowest BCUT2D eigenvalue weighted by Crippen LogP contribution is -2.36. The molecule has 19 heteroatoms. The van der Waals surface area contributed by atoms with Crippen molar-refractivity contribution in [3.8, 4) is 0 Å². The molecule has 3 aliphatic rings. The molecule has 0 fully saturated rings. The number of aromatic amines is 2. The number of nitrogens with two attached hydrogens (primary N) is 3. The Bertz CT molecular complexity index is 4120. The Balaban J connectivity index is 1.14. The van der Waals surface area contributed by atoms with Gasteiger partial charge in [-0.2, -0.15) is 0 Å². The fourth-order valence-corrected chi connectivity index (χ4v) is 12.8. The first-order chi connectivity index (χ1) is 46.3. The molecule has 9 rings (SSSR count). The number of hydrogen-bond donors (Lipinski definition) is 5. The highest BCUT2D eigenvalue weighted by Gasteiger charge is 2.44. The second kappa shape index (κ2) is 33.6. The second-order valence-corrected chi connectivity index (χ2v) is 26.3. The van der Waals surface area contributed by atoms with Gasteiger partial charge in [-0.05, 0) is 117 Å². The molecule has 0 saturated heterocycles. The van der Waals surface area contributed by atoms with E-state index in [4.69, 9.17) is 46.1 Å². The van der Waals surface area contributed by atoms with Crippen LogP contribution in [-0.4, -0.2) is 75.8 Å². The number of nitrogens with zero attached hydrogens (tertiary/aromatic N) is 5. The molecular weight excluding hydrogens is 1210 g/mol. The van der Waals surface area contributed by atoms with E-state index in [-0.39, 0.29) is 71.1 Å². The molecule has 2 aliphatic heterocycles. The van der Waals surface area contributed by atoms with Crippen molar-refractivity contribution in [3.05, 3.63) is 183 Å². The van der Waals surface area contributed by atoms with E-state index in [0.717, 1.165) is 47.8 Å². The SMILES string of the molecule is CCC1=C(C)c2cc3[nH]c(cc4nc(c5c6[nH]c(cc1n2)c(C)c6C(=O)C5C(=O)OCc1cc[n+](CCN)cc1)C(/C=C/C(=O)OC/C=C(\C)CCCC(C)CCCC(C)CCCC(C)C)=C4C)c(C(=O)OCc1cc[n+](CCN)cc1)c3C(=O)OCc1cc[n+](CCN)cc1. The number of esters is 4. The molecule has 3 unspecified atom stereocenters. The minimum Gasteiger partial charge on any atom is -0.460 e. The Morgan fingerprint density at radius 1 is 0.615 bits per heavy atom. The third kappa shape index (κ3) is 17.7. The van der Waals surface area contributed by atoms with E-state index in [1.165, 1.54) is 44.6 Å². The summed E-state index contributed by atoms with van der Waals surface area (Å²) in [4.78, 5) is 91.8. The number of carbonyl (C=O) groups excluding carboxylic acids is 5. The van der Waals surface area contributed by atoms with E-state index in [1.54, 1.807) is 25.1 Å².